The Balaban J connectivity index is 1.95. The predicted molar refractivity (Wildman–Crippen MR) is 58.4 cm³/mol. The van der Waals surface area contributed by atoms with Crippen LogP contribution in [0, 0.1) is 5.41 Å². The summed E-state index contributed by atoms with van der Waals surface area (Å²) in [6.45, 7) is 6.96. The zero-order valence-corrected chi connectivity index (χ0v) is 9.44. The Bertz CT molecular complexity index is 305. The zero-order valence-electron chi connectivity index (χ0n) is 9.44. The highest BCUT2D eigenvalue weighted by Crippen LogP contribution is 2.29. The maximum absolute atomic E-state index is 9.83. The van der Waals surface area contributed by atoms with E-state index in [9.17, 15) is 5.11 Å². The molecule has 3 nitrogen and oxygen atoms in total. The van der Waals surface area contributed by atoms with Gasteiger partial charge in [0, 0.05) is 18.5 Å². The summed E-state index contributed by atoms with van der Waals surface area (Å²) in [7, 11) is 0. The van der Waals surface area contributed by atoms with Crippen LogP contribution in [-0.4, -0.2) is 29.2 Å². The van der Waals surface area contributed by atoms with E-state index in [2.05, 4.69) is 18.7 Å². The Morgan fingerprint density at radius 1 is 1.60 bits per heavy atom. The van der Waals surface area contributed by atoms with Crippen LogP contribution < -0.4 is 0 Å². The molecular formula is C12H19NO2. The molecule has 1 N–H and O–H groups in total. The summed E-state index contributed by atoms with van der Waals surface area (Å²) in [6.07, 6.45) is 2.39. The second-order valence-electron chi connectivity index (χ2n) is 5.08. The van der Waals surface area contributed by atoms with Crippen LogP contribution in [0.1, 0.15) is 26.0 Å². The third-order valence-electron chi connectivity index (χ3n) is 3.21. The van der Waals surface area contributed by atoms with E-state index in [1.165, 1.54) is 0 Å². The van der Waals surface area contributed by atoms with Gasteiger partial charge in [-0.25, -0.2) is 0 Å². The Hall–Kier alpha value is -0.800. The van der Waals surface area contributed by atoms with Gasteiger partial charge in [-0.1, -0.05) is 13.8 Å². The molecule has 1 aliphatic rings. The van der Waals surface area contributed by atoms with E-state index in [-0.39, 0.29) is 11.5 Å². The minimum atomic E-state index is -0.176. The average molecular weight is 209 g/mol. The summed E-state index contributed by atoms with van der Waals surface area (Å²) < 4.78 is 5.33. The molecule has 15 heavy (non-hydrogen) atoms. The summed E-state index contributed by atoms with van der Waals surface area (Å²) in [4.78, 5) is 2.34. The van der Waals surface area contributed by atoms with Crippen LogP contribution in [-0.2, 0) is 6.54 Å². The van der Waals surface area contributed by atoms with Crippen LogP contribution in [0.25, 0.3) is 0 Å². The molecule has 1 atom stereocenters. The fourth-order valence-electron chi connectivity index (χ4n) is 2.21. The van der Waals surface area contributed by atoms with E-state index >= 15 is 0 Å². The standard InChI is InChI=1S/C12H19NO2/c1-12(2)9-13(6-5-11(12)14)8-10-4-3-7-15-10/h3-4,7,11,14H,5-6,8-9H2,1-2H3. The predicted octanol–water partition coefficient (Wildman–Crippen LogP) is 1.87. The molecule has 1 aromatic rings. The maximum Gasteiger partial charge on any atom is 0.117 e. The van der Waals surface area contributed by atoms with Gasteiger partial charge in [0.25, 0.3) is 0 Å². The van der Waals surface area contributed by atoms with E-state index in [1.807, 2.05) is 12.1 Å². The highest BCUT2D eigenvalue weighted by Gasteiger charge is 2.34. The van der Waals surface area contributed by atoms with Crippen molar-refractivity contribution in [1.29, 1.82) is 0 Å². The Kier molecular flexibility index (Phi) is 2.85. The molecule has 2 rings (SSSR count). The molecule has 0 aliphatic carbocycles. The number of aliphatic hydroxyl groups excluding tert-OH is 1. The van der Waals surface area contributed by atoms with Crippen molar-refractivity contribution in [3.63, 3.8) is 0 Å². The number of likely N-dealkylation sites (tertiary alicyclic amines) is 1. The summed E-state index contributed by atoms with van der Waals surface area (Å²) in [5.41, 5.74) is -0.00908. The van der Waals surface area contributed by atoms with Crippen LogP contribution in [0.15, 0.2) is 22.8 Å². The third-order valence-corrected chi connectivity index (χ3v) is 3.21. The van der Waals surface area contributed by atoms with Crippen molar-refractivity contribution in [3.05, 3.63) is 24.2 Å². The van der Waals surface area contributed by atoms with Crippen molar-refractivity contribution in [2.45, 2.75) is 32.9 Å². The smallest absolute Gasteiger partial charge is 0.117 e. The fraction of sp³-hybridized carbons (Fsp3) is 0.667. The summed E-state index contributed by atoms with van der Waals surface area (Å²) >= 11 is 0. The average Bonchev–Trinajstić information content (AvgIpc) is 2.63. The van der Waals surface area contributed by atoms with Gasteiger partial charge in [0.1, 0.15) is 5.76 Å². The second kappa shape index (κ2) is 3.99. The van der Waals surface area contributed by atoms with Crippen LogP contribution >= 0.6 is 0 Å². The van der Waals surface area contributed by atoms with Gasteiger partial charge in [-0.3, -0.25) is 4.90 Å². The Morgan fingerprint density at radius 2 is 2.40 bits per heavy atom. The summed E-state index contributed by atoms with van der Waals surface area (Å²) in [6, 6.07) is 3.91. The van der Waals surface area contributed by atoms with Gasteiger partial charge in [0.15, 0.2) is 0 Å². The van der Waals surface area contributed by atoms with Crippen molar-refractivity contribution < 1.29 is 9.52 Å². The van der Waals surface area contributed by atoms with Gasteiger partial charge in [-0.05, 0) is 18.6 Å². The van der Waals surface area contributed by atoms with Crippen molar-refractivity contribution in [3.8, 4) is 0 Å². The molecule has 84 valence electrons. The monoisotopic (exact) mass is 209 g/mol. The normalized spacial score (nSPS) is 26.7. The lowest BCUT2D eigenvalue weighted by atomic mass is 9.81. The van der Waals surface area contributed by atoms with Crippen molar-refractivity contribution in [2.24, 2.45) is 5.41 Å². The highest BCUT2D eigenvalue weighted by molar-refractivity contribution is 4.99. The molecule has 0 spiro atoms. The van der Waals surface area contributed by atoms with Crippen LogP contribution in [0.4, 0.5) is 0 Å². The van der Waals surface area contributed by atoms with E-state index in [1.54, 1.807) is 6.26 Å². The molecule has 0 radical (unpaired) electrons. The molecule has 1 aromatic heterocycles. The van der Waals surface area contributed by atoms with Gasteiger partial charge >= 0.3 is 0 Å². The van der Waals surface area contributed by atoms with Crippen LogP contribution in [0.3, 0.4) is 0 Å². The minimum Gasteiger partial charge on any atom is -0.468 e. The number of aliphatic hydroxyl groups is 1. The zero-order chi connectivity index (χ0) is 10.9. The second-order valence-corrected chi connectivity index (χ2v) is 5.08. The molecule has 1 saturated heterocycles. The molecule has 1 aliphatic heterocycles. The number of furan rings is 1. The van der Waals surface area contributed by atoms with Gasteiger partial charge in [-0.2, -0.15) is 0 Å². The van der Waals surface area contributed by atoms with Gasteiger partial charge in [-0.15, -0.1) is 0 Å². The lowest BCUT2D eigenvalue weighted by Gasteiger charge is -2.41. The first-order valence-corrected chi connectivity index (χ1v) is 5.51. The first kappa shape index (κ1) is 10.7. The number of hydrogen-bond acceptors (Lipinski definition) is 3. The van der Waals surface area contributed by atoms with Gasteiger partial charge < -0.3 is 9.52 Å². The Labute approximate surface area is 90.7 Å². The lowest BCUT2D eigenvalue weighted by Crippen LogP contribution is -2.48. The largest absolute Gasteiger partial charge is 0.468 e. The first-order valence-electron chi connectivity index (χ1n) is 5.51. The van der Waals surface area contributed by atoms with E-state index < -0.39 is 0 Å². The molecule has 0 bridgehead atoms. The number of piperidine rings is 1. The van der Waals surface area contributed by atoms with E-state index in [4.69, 9.17) is 4.42 Å². The maximum atomic E-state index is 9.83. The molecule has 0 saturated carbocycles. The molecular weight excluding hydrogens is 190 g/mol. The third kappa shape index (κ3) is 2.41. The van der Waals surface area contributed by atoms with Crippen LogP contribution in [0.2, 0.25) is 0 Å². The van der Waals surface area contributed by atoms with Crippen LogP contribution in [0.5, 0.6) is 0 Å². The highest BCUT2D eigenvalue weighted by atomic mass is 16.3. The first-order chi connectivity index (χ1) is 7.08. The van der Waals surface area contributed by atoms with Gasteiger partial charge in [0.05, 0.1) is 18.9 Å². The fourth-order valence-corrected chi connectivity index (χ4v) is 2.21. The topological polar surface area (TPSA) is 36.6 Å². The van der Waals surface area contributed by atoms with Crippen molar-refractivity contribution in [1.82, 2.24) is 4.90 Å². The number of hydrogen-bond donors (Lipinski definition) is 1. The van der Waals surface area contributed by atoms with Crippen molar-refractivity contribution in [2.75, 3.05) is 13.1 Å². The van der Waals surface area contributed by atoms with Gasteiger partial charge in [0.2, 0.25) is 0 Å². The summed E-state index contributed by atoms with van der Waals surface area (Å²) in [5.74, 6) is 1.00. The minimum absolute atomic E-state index is 0.00908. The molecule has 1 fully saturated rings. The summed E-state index contributed by atoms with van der Waals surface area (Å²) in [5, 5.41) is 9.83. The van der Waals surface area contributed by atoms with E-state index in [0.29, 0.717) is 0 Å². The molecule has 2 heterocycles. The Morgan fingerprint density at radius 3 is 3.00 bits per heavy atom. The lowest BCUT2D eigenvalue weighted by molar-refractivity contribution is -0.0286. The molecule has 1 unspecified atom stereocenters. The molecule has 0 amide bonds. The van der Waals surface area contributed by atoms with Crippen molar-refractivity contribution >= 4 is 0 Å². The molecule has 0 aromatic carbocycles. The quantitative estimate of drug-likeness (QED) is 0.808. The number of nitrogens with zero attached hydrogens (tertiary/aromatic N) is 1. The van der Waals surface area contributed by atoms with E-state index in [0.717, 1.165) is 31.8 Å². The number of rotatable bonds is 2. The SMILES string of the molecule is CC1(C)CN(Cc2ccco2)CCC1O. The molecule has 3 heteroatoms.